The Morgan fingerprint density at radius 1 is 0.893 bits per heavy atom. The highest BCUT2D eigenvalue weighted by atomic mass is 16.5. The fourth-order valence-corrected chi connectivity index (χ4v) is 3.00. The van der Waals surface area contributed by atoms with Crippen LogP contribution in [-0.4, -0.2) is 23.1 Å². The lowest BCUT2D eigenvalue weighted by molar-refractivity contribution is 0.415. The zero-order chi connectivity index (χ0) is 19.2. The van der Waals surface area contributed by atoms with Gasteiger partial charge in [-0.3, -0.25) is 4.99 Å². The molecule has 0 saturated carbocycles. The molecule has 0 amide bonds. The molecule has 0 N–H and O–H groups in total. The highest BCUT2D eigenvalue weighted by molar-refractivity contribution is 5.88. The van der Waals surface area contributed by atoms with Crippen molar-refractivity contribution in [3.8, 4) is 22.7 Å². The molecule has 0 bridgehead atoms. The van der Waals surface area contributed by atoms with Crippen molar-refractivity contribution in [3.63, 3.8) is 0 Å². The number of aromatic nitrogens is 2. The first-order valence-electron chi connectivity index (χ1n) is 9.17. The molecule has 138 valence electrons. The molecule has 0 radical (unpaired) electrons. The third-order valence-electron chi connectivity index (χ3n) is 4.47. The molecule has 1 aromatic heterocycles. The van der Waals surface area contributed by atoms with Crippen LogP contribution in [0.15, 0.2) is 96.1 Å². The van der Waals surface area contributed by atoms with Crippen LogP contribution in [-0.2, 0) is 6.54 Å². The van der Waals surface area contributed by atoms with E-state index in [0.29, 0.717) is 6.54 Å². The SMILES string of the molecule is COc1ccc(-c2nn(-c3ccccc3)cc2C=NCc2ccccc2)cc1. The molecule has 4 rings (SSSR count). The quantitative estimate of drug-likeness (QED) is 0.441. The Morgan fingerprint density at radius 3 is 2.25 bits per heavy atom. The summed E-state index contributed by atoms with van der Waals surface area (Å²) in [5.74, 6) is 0.825. The Balaban J connectivity index is 1.69. The first-order chi connectivity index (χ1) is 13.8. The summed E-state index contributed by atoms with van der Waals surface area (Å²) in [6.07, 6.45) is 3.92. The topological polar surface area (TPSA) is 39.4 Å². The lowest BCUT2D eigenvalue weighted by Crippen LogP contribution is -1.94. The van der Waals surface area contributed by atoms with Crippen molar-refractivity contribution in [3.05, 3.63) is 102 Å². The van der Waals surface area contributed by atoms with Gasteiger partial charge in [-0.05, 0) is 42.0 Å². The average Bonchev–Trinajstić information content (AvgIpc) is 3.19. The standard InChI is InChI=1S/C24H21N3O/c1-28-23-14-12-20(13-15-23)24-21(17-25-16-19-8-4-2-5-9-19)18-27(26-24)22-10-6-3-7-11-22/h2-15,17-18H,16H2,1H3. The highest BCUT2D eigenvalue weighted by Crippen LogP contribution is 2.25. The van der Waals surface area contributed by atoms with Crippen molar-refractivity contribution in [1.82, 2.24) is 9.78 Å². The van der Waals surface area contributed by atoms with Crippen LogP contribution in [0.4, 0.5) is 0 Å². The summed E-state index contributed by atoms with van der Waals surface area (Å²) in [5, 5.41) is 4.82. The maximum atomic E-state index is 5.27. The molecular weight excluding hydrogens is 346 g/mol. The van der Waals surface area contributed by atoms with E-state index in [4.69, 9.17) is 9.84 Å². The predicted molar refractivity (Wildman–Crippen MR) is 113 cm³/mol. The Morgan fingerprint density at radius 2 is 1.57 bits per heavy atom. The van der Waals surface area contributed by atoms with Gasteiger partial charge in [-0.2, -0.15) is 5.10 Å². The van der Waals surface area contributed by atoms with Crippen molar-refractivity contribution >= 4 is 6.21 Å². The number of methoxy groups -OCH3 is 1. The van der Waals surface area contributed by atoms with Crippen molar-refractivity contribution in [1.29, 1.82) is 0 Å². The molecule has 1 heterocycles. The lowest BCUT2D eigenvalue weighted by Gasteiger charge is -2.02. The molecule has 0 aliphatic rings. The van der Waals surface area contributed by atoms with Gasteiger partial charge in [0, 0.05) is 23.5 Å². The van der Waals surface area contributed by atoms with Gasteiger partial charge in [0.15, 0.2) is 0 Å². The molecule has 0 saturated heterocycles. The van der Waals surface area contributed by atoms with Gasteiger partial charge in [0.2, 0.25) is 0 Å². The van der Waals surface area contributed by atoms with E-state index in [1.54, 1.807) is 7.11 Å². The van der Waals surface area contributed by atoms with Gasteiger partial charge < -0.3 is 4.74 Å². The van der Waals surface area contributed by atoms with Crippen LogP contribution in [0, 0.1) is 0 Å². The molecule has 4 heteroatoms. The minimum absolute atomic E-state index is 0.638. The summed E-state index contributed by atoms with van der Waals surface area (Å²) in [5.41, 5.74) is 5.09. The van der Waals surface area contributed by atoms with Gasteiger partial charge >= 0.3 is 0 Å². The second-order valence-electron chi connectivity index (χ2n) is 6.40. The normalized spacial score (nSPS) is 11.0. The highest BCUT2D eigenvalue weighted by Gasteiger charge is 2.11. The summed E-state index contributed by atoms with van der Waals surface area (Å²) in [7, 11) is 1.67. The molecule has 0 atom stereocenters. The number of ether oxygens (including phenoxy) is 1. The first kappa shape index (κ1) is 17.7. The summed E-state index contributed by atoms with van der Waals surface area (Å²) in [4.78, 5) is 4.64. The van der Waals surface area contributed by atoms with E-state index < -0.39 is 0 Å². The minimum atomic E-state index is 0.638. The average molecular weight is 367 g/mol. The van der Waals surface area contributed by atoms with E-state index in [-0.39, 0.29) is 0 Å². The Labute approximate surface area is 164 Å². The number of nitrogens with zero attached hydrogens (tertiary/aromatic N) is 3. The molecule has 0 fully saturated rings. The van der Waals surface area contributed by atoms with Gasteiger partial charge in [0.25, 0.3) is 0 Å². The summed E-state index contributed by atoms with van der Waals surface area (Å²) >= 11 is 0. The fourth-order valence-electron chi connectivity index (χ4n) is 3.00. The molecular formula is C24H21N3O. The lowest BCUT2D eigenvalue weighted by atomic mass is 10.1. The van der Waals surface area contributed by atoms with Crippen LogP contribution >= 0.6 is 0 Å². The van der Waals surface area contributed by atoms with Gasteiger partial charge in [0.05, 0.1) is 19.3 Å². The van der Waals surface area contributed by atoms with Crippen molar-refractivity contribution in [2.45, 2.75) is 6.54 Å². The first-order valence-corrected chi connectivity index (χ1v) is 9.17. The number of rotatable bonds is 6. The van der Waals surface area contributed by atoms with E-state index in [1.807, 2.05) is 89.9 Å². The number of hydrogen-bond donors (Lipinski definition) is 0. The Bertz CT molecular complexity index is 1050. The van der Waals surface area contributed by atoms with Crippen LogP contribution < -0.4 is 4.74 Å². The number of benzene rings is 3. The molecule has 4 nitrogen and oxygen atoms in total. The van der Waals surface area contributed by atoms with Crippen LogP contribution in [0.3, 0.4) is 0 Å². The van der Waals surface area contributed by atoms with Crippen LogP contribution in [0.5, 0.6) is 5.75 Å². The number of para-hydroxylation sites is 1. The van der Waals surface area contributed by atoms with E-state index in [2.05, 4.69) is 17.1 Å². The van der Waals surface area contributed by atoms with Crippen molar-refractivity contribution < 1.29 is 4.74 Å². The maximum Gasteiger partial charge on any atom is 0.118 e. The minimum Gasteiger partial charge on any atom is -0.497 e. The van der Waals surface area contributed by atoms with Crippen LogP contribution in [0.1, 0.15) is 11.1 Å². The molecule has 0 spiro atoms. The Hall–Kier alpha value is -3.66. The summed E-state index contributed by atoms with van der Waals surface area (Å²) in [6.45, 7) is 0.638. The second kappa shape index (κ2) is 8.35. The van der Waals surface area contributed by atoms with Gasteiger partial charge in [-0.1, -0.05) is 48.5 Å². The van der Waals surface area contributed by atoms with Crippen molar-refractivity contribution in [2.75, 3.05) is 7.11 Å². The zero-order valence-corrected chi connectivity index (χ0v) is 15.7. The molecule has 0 unspecified atom stereocenters. The van der Waals surface area contributed by atoms with E-state index >= 15 is 0 Å². The van der Waals surface area contributed by atoms with Gasteiger partial charge in [-0.15, -0.1) is 0 Å². The molecule has 3 aromatic carbocycles. The van der Waals surface area contributed by atoms with Gasteiger partial charge in [-0.25, -0.2) is 4.68 Å². The zero-order valence-electron chi connectivity index (χ0n) is 15.7. The molecule has 28 heavy (non-hydrogen) atoms. The predicted octanol–water partition coefficient (Wildman–Crippen LogP) is 5.17. The fraction of sp³-hybridized carbons (Fsp3) is 0.0833. The largest absolute Gasteiger partial charge is 0.497 e. The van der Waals surface area contributed by atoms with E-state index in [0.717, 1.165) is 28.3 Å². The monoisotopic (exact) mass is 367 g/mol. The number of aliphatic imine (C=N–C) groups is 1. The van der Waals surface area contributed by atoms with Crippen molar-refractivity contribution in [2.24, 2.45) is 4.99 Å². The van der Waals surface area contributed by atoms with E-state index in [1.165, 1.54) is 5.56 Å². The smallest absolute Gasteiger partial charge is 0.118 e. The second-order valence-corrected chi connectivity index (χ2v) is 6.40. The number of hydrogen-bond acceptors (Lipinski definition) is 3. The molecule has 4 aromatic rings. The third kappa shape index (κ3) is 4.01. The summed E-state index contributed by atoms with van der Waals surface area (Å²) in [6, 6.07) is 28.2. The Kier molecular flexibility index (Phi) is 5.29. The molecule has 0 aliphatic carbocycles. The molecule has 0 aliphatic heterocycles. The van der Waals surface area contributed by atoms with Crippen LogP contribution in [0.2, 0.25) is 0 Å². The van der Waals surface area contributed by atoms with Crippen LogP contribution in [0.25, 0.3) is 16.9 Å². The summed E-state index contributed by atoms with van der Waals surface area (Å²) < 4.78 is 7.16. The third-order valence-corrected chi connectivity index (χ3v) is 4.47. The maximum absolute atomic E-state index is 5.27. The van der Waals surface area contributed by atoms with Gasteiger partial charge in [0.1, 0.15) is 11.4 Å². The van der Waals surface area contributed by atoms with E-state index in [9.17, 15) is 0 Å².